The summed E-state index contributed by atoms with van der Waals surface area (Å²) in [6.07, 6.45) is 3.96. The first-order valence-corrected chi connectivity index (χ1v) is 7.99. The van der Waals surface area contributed by atoms with Crippen LogP contribution in [0.3, 0.4) is 0 Å². The van der Waals surface area contributed by atoms with E-state index in [1.807, 2.05) is 51.2 Å². The third-order valence-electron chi connectivity index (χ3n) is 3.53. The molecule has 1 amide bonds. The van der Waals surface area contributed by atoms with Gasteiger partial charge in [-0.15, -0.1) is 0 Å². The summed E-state index contributed by atoms with van der Waals surface area (Å²) in [6.45, 7) is 7.38. The number of amides is 1. The van der Waals surface area contributed by atoms with Crippen LogP contribution in [0.25, 0.3) is 10.9 Å². The van der Waals surface area contributed by atoms with Crippen molar-refractivity contribution in [3.63, 3.8) is 0 Å². The molecule has 0 unspecified atom stereocenters. The van der Waals surface area contributed by atoms with Gasteiger partial charge in [-0.05, 0) is 51.8 Å². The number of nitrogens with one attached hydrogen (secondary N) is 1. The SMILES string of the molecule is CC(C)(C)OC(=O)N1CCCC1.COc1cccc2[nH]ccc12. The van der Waals surface area contributed by atoms with Gasteiger partial charge in [0.1, 0.15) is 11.4 Å². The number of rotatable bonds is 1. The van der Waals surface area contributed by atoms with E-state index in [0.29, 0.717) is 0 Å². The molecule has 5 nitrogen and oxygen atoms in total. The molecule has 0 radical (unpaired) electrons. The summed E-state index contributed by atoms with van der Waals surface area (Å²) in [5.74, 6) is 0.920. The maximum Gasteiger partial charge on any atom is 0.410 e. The number of benzene rings is 1. The lowest BCUT2D eigenvalue weighted by Gasteiger charge is -2.23. The van der Waals surface area contributed by atoms with Gasteiger partial charge in [0.2, 0.25) is 0 Å². The molecule has 1 saturated heterocycles. The van der Waals surface area contributed by atoms with Gasteiger partial charge < -0.3 is 19.4 Å². The minimum atomic E-state index is -0.361. The molecule has 1 N–H and O–H groups in total. The summed E-state index contributed by atoms with van der Waals surface area (Å²) in [6, 6.07) is 7.96. The van der Waals surface area contributed by atoms with Crippen LogP contribution >= 0.6 is 0 Å². The normalized spacial score (nSPS) is 14.3. The molecule has 0 saturated carbocycles. The summed E-state index contributed by atoms with van der Waals surface area (Å²) >= 11 is 0. The number of ether oxygens (including phenoxy) is 2. The molecule has 0 bridgehead atoms. The topological polar surface area (TPSA) is 54.6 Å². The predicted molar refractivity (Wildman–Crippen MR) is 91.9 cm³/mol. The fraction of sp³-hybridized carbons (Fsp3) is 0.500. The van der Waals surface area contributed by atoms with Gasteiger partial charge in [0, 0.05) is 30.2 Å². The number of aromatic amines is 1. The standard InChI is InChI=1S/C9H17NO2.C9H9NO/c1-9(2,3)12-8(11)10-6-4-5-7-10;1-11-9-4-2-3-8-7(9)5-6-10-8/h4-7H2,1-3H3;2-6,10H,1H3. The summed E-state index contributed by atoms with van der Waals surface area (Å²) in [5, 5.41) is 1.13. The highest BCUT2D eigenvalue weighted by Gasteiger charge is 2.23. The van der Waals surface area contributed by atoms with E-state index >= 15 is 0 Å². The smallest absolute Gasteiger partial charge is 0.410 e. The van der Waals surface area contributed by atoms with Gasteiger partial charge in [0.05, 0.1) is 7.11 Å². The van der Waals surface area contributed by atoms with Gasteiger partial charge >= 0.3 is 6.09 Å². The lowest BCUT2D eigenvalue weighted by Crippen LogP contribution is -2.34. The van der Waals surface area contributed by atoms with E-state index in [1.54, 1.807) is 12.0 Å². The second-order valence-corrected chi connectivity index (χ2v) is 6.57. The maximum atomic E-state index is 11.4. The van der Waals surface area contributed by atoms with Crippen molar-refractivity contribution in [3.8, 4) is 5.75 Å². The molecule has 1 fully saturated rings. The number of H-pyrrole nitrogens is 1. The van der Waals surface area contributed by atoms with Crippen LogP contribution in [0.2, 0.25) is 0 Å². The first-order chi connectivity index (χ1) is 10.9. The highest BCUT2D eigenvalue weighted by molar-refractivity contribution is 5.85. The molecule has 1 aromatic carbocycles. The number of nitrogens with zero attached hydrogens (tertiary/aromatic N) is 1. The Labute approximate surface area is 137 Å². The number of aromatic nitrogens is 1. The molecule has 1 aliphatic rings. The molecule has 0 spiro atoms. The molecule has 23 heavy (non-hydrogen) atoms. The average Bonchev–Trinajstić information content (AvgIpc) is 3.16. The Morgan fingerprint density at radius 2 is 1.87 bits per heavy atom. The number of carbonyl (C=O) groups excluding carboxylic acids is 1. The zero-order chi connectivity index (χ0) is 16.9. The van der Waals surface area contributed by atoms with Crippen LogP contribution < -0.4 is 4.74 Å². The summed E-state index contributed by atoms with van der Waals surface area (Å²) in [5.41, 5.74) is 0.754. The second kappa shape index (κ2) is 7.40. The lowest BCUT2D eigenvalue weighted by molar-refractivity contribution is 0.0295. The maximum absolute atomic E-state index is 11.4. The third-order valence-corrected chi connectivity index (χ3v) is 3.53. The van der Waals surface area contributed by atoms with Gasteiger partial charge in [-0.2, -0.15) is 0 Å². The van der Waals surface area contributed by atoms with Crippen LogP contribution in [-0.4, -0.2) is 41.8 Å². The Morgan fingerprint density at radius 1 is 1.17 bits per heavy atom. The van der Waals surface area contributed by atoms with Gasteiger partial charge in [0.15, 0.2) is 0 Å². The minimum Gasteiger partial charge on any atom is -0.496 e. The molecular formula is C18H26N2O3. The van der Waals surface area contributed by atoms with E-state index in [1.165, 1.54) is 0 Å². The average molecular weight is 318 g/mol. The molecule has 126 valence electrons. The molecule has 0 aliphatic carbocycles. The number of carbonyl (C=O) groups is 1. The molecular weight excluding hydrogens is 292 g/mol. The summed E-state index contributed by atoms with van der Waals surface area (Å²) < 4.78 is 10.4. The minimum absolute atomic E-state index is 0.167. The van der Waals surface area contributed by atoms with E-state index in [-0.39, 0.29) is 11.7 Å². The van der Waals surface area contributed by atoms with Crippen molar-refractivity contribution < 1.29 is 14.3 Å². The molecule has 2 heterocycles. The third kappa shape index (κ3) is 4.91. The monoisotopic (exact) mass is 318 g/mol. The Morgan fingerprint density at radius 3 is 2.48 bits per heavy atom. The fourth-order valence-electron chi connectivity index (χ4n) is 2.46. The number of hydrogen-bond acceptors (Lipinski definition) is 3. The largest absolute Gasteiger partial charge is 0.496 e. The molecule has 0 atom stereocenters. The Bertz CT molecular complexity index is 637. The van der Waals surface area contributed by atoms with Crippen molar-refractivity contribution in [2.45, 2.75) is 39.2 Å². The van der Waals surface area contributed by atoms with Gasteiger partial charge in [-0.1, -0.05) is 6.07 Å². The van der Waals surface area contributed by atoms with Crippen LogP contribution in [-0.2, 0) is 4.74 Å². The van der Waals surface area contributed by atoms with Crippen LogP contribution in [0.4, 0.5) is 4.79 Å². The lowest BCUT2D eigenvalue weighted by atomic mass is 10.2. The van der Waals surface area contributed by atoms with E-state index in [0.717, 1.165) is 42.6 Å². The van der Waals surface area contributed by atoms with Crippen LogP contribution in [0.5, 0.6) is 5.75 Å². The quantitative estimate of drug-likeness (QED) is 0.857. The number of hydrogen-bond donors (Lipinski definition) is 1. The van der Waals surface area contributed by atoms with Crippen molar-refractivity contribution >= 4 is 17.0 Å². The van der Waals surface area contributed by atoms with Crippen LogP contribution in [0.15, 0.2) is 30.5 Å². The van der Waals surface area contributed by atoms with Crippen LogP contribution in [0, 0.1) is 0 Å². The highest BCUT2D eigenvalue weighted by atomic mass is 16.6. The van der Waals surface area contributed by atoms with Gasteiger partial charge in [-0.25, -0.2) is 4.79 Å². The van der Waals surface area contributed by atoms with Crippen molar-refractivity contribution in [2.24, 2.45) is 0 Å². The zero-order valence-electron chi connectivity index (χ0n) is 14.4. The van der Waals surface area contributed by atoms with Gasteiger partial charge in [-0.3, -0.25) is 0 Å². The molecule has 1 aromatic heterocycles. The summed E-state index contributed by atoms with van der Waals surface area (Å²) in [4.78, 5) is 16.2. The first-order valence-electron chi connectivity index (χ1n) is 7.99. The molecule has 2 aromatic rings. The zero-order valence-corrected chi connectivity index (χ0v) is 14.4. The second-order valence-electron chi connectivity index (χ2n) is 6.57. The predicted octanol–water partition coefficient (Wildman–Crippen LogP) is 4.19. The van der Waals surface area contributed by atoms with E-state index in [9.17, 15) is 4.79 Å². The molecule has 3 rings (SSSR count). The first kappa shape index (κ1) is 17.2. The fourth-order valence-corrected chi connectivity index (χ4v) is 2.46. The van der Waals surface area contributed by atoms with Crippen molar-refractivity contribution in [2.75, 3.05) is 20.2 Å². The van der Waals surface area contributed by atoms with E-state index in [4.69, 9.17) is 9.47 Å². The Kier molecular flexibility index (Phi) is 5.53. The highest BCUT2D eigenvalue weighted by Crippen LogP contribution is 2.23. The number of likely N-dealkylation sites (tertiary alicyclic amines) is 1. The number of methoxy groups -OCH3 is 1. The van der Waals surface area contributed by atoms with Crippen molar-refractivity contribution in [1.82, 2.24) is 9.88 Å². The molecule has 1 aliphatic heterocycles. The van der Waals surface area contributed by atoms with Crippen molar-refractivity contribution in [1.29, 1.82) is 0 Å². The van der Waals surface area contributed by atoms with E-state index in [2.05, 4.69) is 4.98 Å². The van der Waals surface area contributed by atoms with E-state index < -0.39 is 0 Å². The Balaban J connectivity index is 0.000000167. The van der Waals surface area contributed by atoms with Crippen molar-refractivity contribution in [3.05, 3.63) is 30.5 Å². The number of fused-ring (bicyclic) bond motifs is 1. The molecule has 5 heteroatoms. The Hall–Kier alpha value is -2.17. The van der Waals surface area contributed by atoms with Crippen LogP contribution in [0.1, 0.15) is 33.6 Å². The summed E-state index contributed by atoms with van der Waals surface area (Å²) in [7, 11) is 1.68. The van der Waals surface area contributed by atoms with Gasteiger partial charge in [0.25, 0.3) is 0 Å².